The first-order valence-electron chi connectivity index (χ1n) is 31.9. The number of hydrogen-bond acceptors (Lipinski definition) is 7. The van der Waals surface area contributed by atoms with Gasteiger partial charge in [0.1, 0.15) is 19.3 Å². The first-order chi connectivity index (χ1) is 38.4. The molecule has 1 amide bonds. The molecule has 0 aromatic rings. The number of unbranched alkanes of at least 4 members (excludes halogenated alkanes) is 27. The SMILES string of the molecule is CC\C=C/C=C/C=C/C=C\C=C\C=C\CCCCCC(=O)NC(COP(=O)([O-])OCC[N+](C)(C)C)C(/C=C\CCCCCCCCCCC)OC(=O)CCCCCCCCCCCCCC/C=C\C/C=C\C/C=C\CCCCC. The molecule has 0 aromatic carbocycles. The molecule has 0 spiro atoms. The van der Waals surface area contributed by atoms with Crippen LogP contribution in [0.5, 0.6) is 0 Å². The van der Waals surface area contributed by atoms with Gasteiger partial charge in [-0.1, -0.05) is 271 Å². The van der Waals surface area contributed by atoms with Crippen LogP contribution in [0.4, 0.5) is 0 Å². The lowest BCUT2D eigenvalue weighted by atomic mass is 10.0. The molecule has 0 aliphatic carbocycles. The van der Waals surface area contributed by atoms with Crippen molar-refractivity contribution in [3.8, 4) is 0 Å². The number of hydrogen-bond donors (Lipinski definition) is 1. The summed E-state index contributed by atoms with van der Waals surface area (Å²) in [5.74, 6) is -0.601. The van der Waals surface area contributed by atoms with Gasteiger partial charge >= 0.3 is 5.97 Å². The molecule has 0 aliphatic heterocycles. The second kappa shape index (κ2) is 57.6. The predicted octanol–water partition coefficient (Wildman–Crippen LogP) is 19.3. The molecule has 0 fully saturated rings. The summed E-state index contributed by atoms with van der Waals surface area (Å²) in [5, 5.41) is 3.00. The highest BCUT2D eigenvalue weighted by Gasteiger charge is 2.27. The summed E-state index contributed by atoms with van der Waals surface area (Å²) in [7, 11) is 1.14. The molecule has 0 heterocycles. The zero-order chi connectivity index (χ0) is 57.9. The Kier molecular flexibility index (Phi) is 55.0. The molecule has 79 heavy (non-hydrogen) atoms. The van der Waals surface area contributed by atoms with E-state index in [1.54, 1.807) is 0 Å². The van der Waals surface area contributed by atoms with E-state index in [1.165, 1.54) is 128 Å². The molecule has 0 aliphatic rings. The number of carbonyl (C=O) groups excluding carboxylic acids is 2. The van der Waals surface area contributed by atoms with Gasteiger partial charge in [-0.2, -0.15) is 0 Å². The maximum absolute atomic E-state index is 13.5. The molecule has 0 radical (unpaired) electrons. The van der Waals surface area contributed by atoms with Gasteiger partial charge in [0.15, 0.2) is 0 Å². The van der Waals surface area contributed by atoms with Crippen molar-refractivity contribution in [3.63, 3.8) is 0 Å². The fourth-order valence-corrected chi connectivity index (χ4v) is 9.34. The molecular weight excluding hydrogens is 1000 g/mol. The monoisotopic (exact) mass is 1120 g/mol. The summed E-state index contributed by atoms with van der Waals surface area (Å²) in [6.07, 6.45) is 80.3. The number of phosphoric ester groups is 1. The highest BCUT2D eigenvalue weighted by molar-refractivity contribution is 7.45. The summed E-state index contributed by atoms with van der Waals surface area (Å²) in [4.78, 5) is 40.0. The number of nitrogens with zero attached hydrogens (tertiary/aromatic N) is 1. The Labute approximate surface area is 486 Å². The van der Waals surface area contributed by atoms with Crippen LogP contribution in [-0.2, 0) is 27.9 Å². The minimum Gasteiger partial charge on any atom is -0.756 e. The highest BCUT2D eigenvalue weighted by atomic mass is 31.2. The number of allylic oxidation sites excluding steroid dienone is 19. The lowest BCUT2D eigenvalue weighted by Gasteiger charge is -2.30. The van der Waals surface area contributed by atoms with Gasteiger partial charge in [-0.25, -0.2) is 0 Å². The third kappa shape index (κ3) is 58.9. The van der Waals surface area contributed by atoms with Gasteiger partial charge in [0.05, 0.1) is 33.8 Å². The van der Waals surface area contributed by atoms with Gasteiger partial charge in [-0.15, -0.1) is 0 Å². The van der Waals surface area contributed by atoms with Crippen LogP contribution >= 0.6 is 7.82 Å². The number of carbonyl (C=O) groups is 2. The van der Waals surface area contributed by atoms with Gasteiger partial charge in [-0.3, -0.25) is 14.2 Å². The first-order valence-corrected chi connectivity index (χ1v) is 33.4. The van der Waals surface area contributed by atoms with Crippen molar-refractivity contribution in [2.75, 3.05) is 40.9 Å². The van der Waals surface area contributed by atoms with Crippen LogP contribution in [0.1, 0.15) is 252 Å². The maximum atomic E-state index is 13.5. The molecule has 0 rings (SSSR count). The molecule has 1 N–H and O–H groups in total. The third-order valence-electron chi connectivity index (χ3n) is 13.5. The predicted molar refractivity (Wildman–Crippen MR) is 339 cm³/mol. The Morgan fingerprint density at radius 3 is 1.37 bits per heavy atom. The van der Waals surface area contributed by atoms with E-state index in [2.05, 4.69) is 74.7 Å². The lowest BCUT2D eigenvalue weighted by molar-refractivity contribution is -0.870. The molecule has 10 heteroatoms. The summed E-state index contributed by atoms with van der Waals surface area (Å²) < 4.78 is 30.3. The number of esters is 1. The number of phosphoric acid groups is 1. The normalized spacial score (nSPS) is 14.5. The van der Waals surface area contributed by atoms with Crippen LogP contribution in [0.3, 0.4) is 0 Å². The molecule has 0 bridgehead atoms. The maximum Gasteiger partial charge on any atom is 0.306 e. The highest BCUT2D eigenvalue weighted by Crippen LogP contribution is 2.38. The summed E-state index contributed by atoms with van der Waals surface area (Å²) in [5.41, 5.74) is 0. The fraction of sp³-hybridized carbons (Fsp3) is 0.681. The number of ether oxygens (including phenoxy) is 1. The number of quaternary nitrogens is 1. The van der Waals surface area contributed by atoms with E-state index in [1.807, 2.05) is 94.1 Å². The Bertz CT molecular complexity index is 1770. The molecular formula is C69H119N2O7P. The van der Waals surface area contributed by atoms with Crippen molar-refractivity contribution in [3.05, 3.63) is 122 Å². The first kappa shape index (κ1) is 75.4. The Hall–Kier alpha value is -3.59. The van der Waals surface area contributed by atoms with Gasteiger partial charge in [-0.05, 0) is 89.5 Å². The van der Waals surface area contributed by atoms with Crippen LogP contribution in [0.2, 0.25) is 0 Å². The van der Waals surface area contributed by atoms with Crippen LogP contribution in [0, 0.1) is 0 Å². The van der Waals surface area contributed by atoms with E-state index < -0.39 is 26.6 Å². The lowest BCUT2D eigenvalue weighted by Crippen LogP contribution is -2.47. The van der Waals surface area contributed by atoms with Crippen molar-refractivity contribution in [1.29, 1.82) is 0 Å². The summed E-state index contributed by atoms with van der Waals surface area (Å²) in [6, 6.07) is -0.920. The smallest absolute Gasteiger partial charge is 0.306 e. The van der Waals surface area contributed by atoms with Gasteiger partial charge < -0.3 is 28.5 Å². The van der Waals surface area contributed by atoms with Crippen LogP contribution < -0.4 is 10.2 Å². The zero-order valence-electron chi connectivity index (χ0n) is 51.5. The van der Waals surface area contributed by atoms with E-state index in [0.29, 0.717) is 17.4 Å². The molecule has 9 nitrogen and oxygen atoms in total. The summed E-state index contributed by atoms with van der Waals surface area (Å²) >= 11 is 0. The molecule has 0 aromatic heterocycles. The minimum absolute atomic E-state index is 0.0381. The standard InChI is InChI=1S/C69H119N2O7P/c1-7-10-13-16-19-22-25-27-29-31-32-33-34-35-36-37-38-40-42-44-47-50-53-56-59-62-69(73)78-67(60-57-54-51-48-45-24-21-18-15-12-9-3)66(65-77-79(74,75)76-64-63-71(4,5)6)70-68(72)61-58-55-52-49-46-43-41-39-30-28-26-23-20-17-14-11-8-2/h11,14,17,19-20,22-23,26-30,32-33,39,41,43,46,57,60,66-67H,7-10,12-13,15-16,18,21,24-25,31,34-38,40,42,44-45,47-56,58-59,61-65H2,1-6H3,(H-,70,72,74,75)/b14-11-,20-17+,22-19-,26-23+,29-27-,30-28-,33-32-,41-39+,46-43+,60-57-. The van der Waals surface area contributed by atoms with Gasteiger partial charge in [0.25, 0.3) is 7.82 Å². The fourth-order valence-electron chi connectivity index (χ4n) is 8.62. The molecule has 3 atom stereocenters. The molecule has 0 saturated heterocycles. The van der Waals surface area contributed by atoms with Crippen LogP contribution in [0.15, 0.2) is 122 Å². The average Bonchev–Trinajstić information content (AvgIpc) is 3.41. The second-order valence-corrected chi connectivity index (χ2v) is 23.7. The van der Waals surface area contributed by atoms with Crippen molar-refractivity contribution >= 4 is 19.7 Å². The molecule has 0 saturated carbocycles. The van der Waals surface area contributed by atoms with E-state index >= 15 is 0 Å². The Morgan fingerprint density at radius 2 is 0.861 bits per heavy atom. The van der Waals surface area contributed by atoms with E-state index in [0.717, 1.165) is 83.5 Å². The van der Waals surface area contributed by atoms with Crippen molar-refractivity contribution < 1.29 is 37.3 Å². The number of amides is 1. The van der Waals surface area contributed by atoms with Crippen LogP contribution in [-0.4, -0.2) is 69.4 Å². The van der Waals surface area contributed by atoms with Crippen LogP contribution in [0.25, 0.3) is 0 Å². The largest absolute Gasteiger partial charge is 0.756 e. The Balaban J connectivity index is 5.19. The van der Waals surface area contributed by atoms with E-state index in [9.17, 15) is 19.0 Å². The van der Waals surface area contributed by atoms with E-state index in [-0.39, 0.29) is 31.3 Å². The van der Waals surface area contributed by atoms with Gasteiger partial charge in [0.2, 0.25) is 5.91 Å². The quantitative estimate of drug-likeness (QED) is 0.0161. The number of nitrogens with one attached hydrogen (secondary N) is 1. The van der Waals surface area contributed by atoms with E-state index in [4.69, 9.17) is 13.8 Å². The number of likely N-dealkylation sites (N-methyl/N-ethyl adjacent to an activating group) is 1. The second-order valence-electron chi connectivity index (χ2n) is 22.3. The van der Waals surface area contributed by atoms with Crippen molar-refractivity contribution in [2.24, 2.45) is 0 Å². The van der Waals surface area contributed by atoms with Crippen molar-refractivity contribution in [1.82, 2.24) is 5.32 Å². The minimum atomic E-state index is -4.72. The summed E-state index contributed by atoms with van der Waals surface area (Å²) in [6.45, 7) is 6.62. The average molecular weight is 1120 g/mol. The topological polar surface area (TPSA) is 114 Å². The third-order valence-corrected chi connectivity index (χ3v) is 14.5. The Morgan fingerprint density at radius 1 is 0.468 bits per heavy atom. The van der Waals surface area contributed by atoms with Crippen molar-refractivity contribution in [2.45, 2.75) is 264 Å². The molecule has 452 valence electrons. The number of rotatable bonds is 56. The zero-order valence-corrected chi connectivity index (χ0v) is 52.4. The molecule has 3 unspecified atom stereocenters. The van der Waals surface area contributed by atoms with Gasteiger partial charge in [0, 0.05) is 12.8 Å².